The Morgan fingerprint density at radius 2 is 1.74 bits per heavy atom. The van der Waals surface area contributed by atoms with Crippen molar-refractivity contribution in [1.29, 1.82) is 0 Å². The lowest BCUT2D eigenvalue weighted by Crippen LogP contribution is -2.59. The summed E-state index contributed by atoms with van der Waals surface area (Å²) < 4.78 is 1.21. The minimum Gasteiger partial charge on any atom is -0.506 e. The maximum absolute atomic E-state index is 11.6. The fraction of sp³-hybridized carbons (Fsp3) is 0.464. The number of pyridine rings is 1. The number of H-pyrrole nitrogens is 1. The number of aromatic amines is 1. The van der Waals surface area contributed by atoms with Gasteiger partial charge in [0.15, 0.2) is 0 Å². The van der Waals surface area contributed by atoms with Gasteiger partial charge in [-0.1, -0.05) is 18.2 Å². The summed E-state index contributed by atoms with van der Waals surface area (Å²) in [6.45, 7) is 6.47. The summed E-state index contributed by atoms with van der Waals surface area (Å²) in [6.07, 6.45) is 5.16. The van der Waals surface area contributed by atoms with Crippen LogP contribution in [0.15, 0.2) is 53.3 Å². The van der Waals surface area contributed by atoms with Gasteiger partial charge in [0.1, 0.15) is 12.0 Å². The minimum atomic E-state index is -0.513. The molecule has 2 aromatic carbocycles. The van der Waals surface area contributed by atoms with Gasteiger partial charge in [-0.3, -0.25) is 4.79 Å². The second-order valence-electron chi connectivity index (χ2n) is 10.4. The van der Waals surface area contributed by atoms with Crippen LogP contribution in [0.2, 0.25) is 0 Å². The highest BCUT2D eigenvalue weighted by Crippen LogP contribution is 2.33. The van der Waals surface area contributed by atoms with Gasteiger partial charge in [0.2, 0.25) is 5.56 Å². The molecule has 4 heterocycles. The normalized spacial score (nSPS) is 22.4. The van der Waals surface area contributed by atoms with Gasteiger partial charge in [-0.15, -0.1) is 0 Å². The Labute approximate surface area is 206 Å². The predicted molar refractivity (Wildman–Crippen MR) is 139 cm³/mol. The van der Waals surface area contributed by atoms with Crippen LogP contribution < -0.4 is 16.2 Å². The van der Waals surface area contributed by atoms with Crippen molar-refractivity contribution in [1.82, 2.24) is 10.3 Å². The molecule has 3 fully saturated rings. The third-order valence-electron chi connectivity index (χ3n) is 8.06. The number of aliphatic hydroxyl groups is 1. The van der Waals surface area contributed by atoms with E-state index >= 15 is 0 Å². The maximum Gasteiger partial charge on any atom is 0.248 e. The molecule has 1 atom stereocenters. The molecule has 1 aromatic heterocycles. The number of fused-ring (bicyclic) bond motifs is 4. The molecule has 3 aromatic rings. The summed E-state index contributed by atoms with van der Waals surface area (Å²) >= 11 is 0. The van der Waals surface area contributed by atoms with Crippen LogP contribution in [0.25, 0.3) is 10.9 Å². The molecular weight excluding hydrogens is 440 g/mol. The number of hydrogen-bond acceptors (Lipinski definition) is 5. The number of aromatic hydroxyl groups is 1. The van der Waals surface area contributed by atoms with Crippen LogP contribution in [-0.2, 0) is 13.0 Å². The quantitative estimate of drug-likeness (QED) is 0.175. The van der Waals surface area contributed by atoms with Crippen molar-refractivity contribution in [2.45, 2.75) is 44.9 Å². The zero-order valence-corrected chi connectivity index (χ0v) is 20.3. The Kier molecular flexibility index (Phi) is 7.09. The van der Waals surface area contributed by atoms with Crippen LogP contribution in [0, 0.1) is 5.92 Å². The van der Waals surface area contributed by atoms with Crippen molar-refractivity contribution in [2.75, 3.05) is 38.0 Å². The van der Waals surface area contributed by atoms with E-state index < -0.39 is 6.23 Å². The molecule has 0 aliphatic carbocycles. The van der Waals surface area contributed by atoms with E-state index in [9.17, 15) is 15.0 Å². The number of hydrogen-bond donors (Lipinski definition) is 5. The van der Waals surface area contributed by atoms with E-state index in [2.05, 4.69) is 27.8 Å². The first kappa shape index (κ1) is 23.9. The maximum atomic E-state index is 11.6. The van der Waals surface area contributed by atoms with Crippen LogP contribution in [0.3, 0.4) is 0 Å². The lowest BCUT2D eigenvalue weighted by atomic mass is 9.85. The second-order valence-corrected chi connectivity index (χ2v) is 10.4. The van der Waals surface area contributed by atoms with E-state index in [0.717, 1.165) is 55.0 Å². The molecule has 3 aliphatic rings. The van der Waals surface area contributed by atoms with E-state index in [-0.39, 0.29) is 11.3 Å². The van der Waals surface area contributed by atoms with Crippen molar-refractivity contribution in [3.8, 4) is 5.75 Å². The first-order valence-corrected chi connectivity index (χ1v) is 12.9. The van der Waals surface area contributed by atoms with E-state index in [1.165, 1.54) is 55.0 Å². The molecule has 0 radical (unpaired) electrons. The summed E-state index contributed by atoms with van der Waals surface area (Å²) in [5.74, 6) is 1.05. The monoisotopic (exact) mass is 477 g/mol. The highest BCUT2D eigenvalue weighted by Gasteiger charge is 2.39. The second kappa shape index (κ2) is 10.4. The summed E-state index contributed by atoms with van der Waals surface area (Å²) in [6, 6.07) is 15.0. The highest BCUT2D eigenvalue weighted by atomic mass is 16.3. The molecule has 5 N–H and O–H groups in total. The molecule has 6 rings (SSSR count). The number of nitrogens with one attached hydrogen (secondary N) is 3. The Hall–Kier alpha value is -2.87. The Bertz CT molecular complexity index is 1190. The molecular formula is C28H37N4O3+. The fourth-order valence-electron chi connectivity index (χ4n) is 5.82. The lowest BCUT2D eigenvalue weighted by molar-refractivity contribution is -0.943. The number of quaternary nitrogens is 1. The van der Waals surface area contributed by atoms with Gasteiger partial charge in [0.25, 0.3) is 0 Å². The highest BCUT2D eigenvalue weighted by molar-refractivity contribution is 5.87. The molecule has 0 spiro atoms. The van der Waals surface area contributed by atoms with Crippen molar-refractivity contribution in [2.24, 2.45) is 5.92 Å². The van der Waals surface area contributed by atoms with Gasteiger partial charge >= 0.3 is 0 Å². The first-order valence-electron chi connectivity index (χ1n) is 12.9. The third kappa shape index (κ3) is 5.69. The summed E-state index contributed by atoms with van der Waals surface area (Å²) in [4.78, 5) is 14.3. The first-order chi connectivity index (χ1) is 17.0. The third-order valence-corrected chi connectivity index (χ3v) is 8.06. The number of benzene rings is 2. The topological polar surface area (TPSA) is 97.4 Å². The summed E-state index contributed by atoms with van der Waals surface area (Å²) in [5.41, 5.74) is 3.48. The van der Waals surface area contributed by atoms with Gasteiger partial charge in [-0.2, -0.15) is 0 Å². The average Bonchev–Trinajstić information content (AvgIpc) is 2.89. The number of aliphatic hydroxyl groups excluding tert-OH is 1. The fourth-order valence-corrected chi connectivity index (χ4v) is 5.82. The Balaban J connectivity index is 1.07. The Morgan fingerprint density at radius 1 is 1.00 bits per heavy atom. The minimum absolute atomic E-state index is 0.0908. The molecule has 1 unspecified atom stereocenters. The molecule has 0 saturated carbocycles. The summed E-state index contributed by atoms with van der Waals surface area (Å²) in [7, 11) is 0. The van der Waals surface area contributed by atoms with Crippen LogP contribution in [0.4, 0.5) is 5.69 Å². The molecule has 7 heteroatoms. The van der Waals surface area contributed by atoms with E-state index in [1.54, 1.807) is 12.1 Å². The SMILES string of the molecule is O=c1ccc2c(CCNCc3ccc(NC(O)CC[N+]45CCC(CC4)CC5)cc3)ccc(O)c2[nH]1. The predicted octanol–water partition coefficient (Wildman–Crippen LogP) is 3.32. The Morgan fingerprint density at radius 3 is 2.49 bits per heavy atom. The van der Waals surface area contributed by atoms with Gasteiger partial charge in [-0.25, -0.2) is 0 Å². The number of nitrogens with zero attached hydrogens (tertiary/aromatic N) is 1. The number of anilines is 1. The van der Waals surface area contributed by atoms with Crippen molar-refractivity contribution < 1.29 is 14.7 Å². The number of aromatic nitrogens is 1. The van der Waals surface area contributed by atoms with E-state index in [1.807, 2.05) is 18.2 Å². The molecule has 186 valence electrons. The molecule has 3 saturated heterocycles. The van der Waals surface area contributed by atoms with Crippen LogP contribution >= 0.6 is 0 Å². The average molecular weight is 478 g/mol. The van der Waals surface area contributed by atoms with Crippen LogP contribution in [-0.4, -0.2) is 58.6 Å². The number of rotatable bonds is 10. The zero-order valence-electron chi connectivity index (χ0n) is 20.3. The number of piperidine rings is 3. The van der Waals surface area contributed by atoms with Crippen molar-refractivity contribution >= 4 is 16.6 Å². The molecule has 7 nitrogen and oxygen atoms in total. The summed E-state index contributed by atoms with van der Waals surface area (Å²) in [5, 5.41) is 28.2. The van der Waals surface area contributed by atoms with Crippen molar-refractivity contribution in [3.05, 3.63) is 70.0 Å². The van der Waals surface area contributed by atoms with Gasteiger partial charge in [0, 0.05) is 30.1 Å². The number of phenolic OH excluding ortho intramolecular Hbond substituents is 1. The molecule has 0 amide bonds. The van der Waals surface area contributed by atoms with Crippen molar-refractivity contribution in [3.63, 3.8) is 0 Å². The van der Waals surface area contributed by atoms with Crippen LogP contribution in [0.1, 0.15) is 36.8 Å². The standard InChI is InChI=1S/C28H36N4O3/c33-25-7-3-22(24-6-8-26(34)31-28(24)25)9-14-29-19-21-1-4-23(5-2-21)30-27(35)13-18-32-15-10-20(11-16-32)12-17-32/h1-8,20,27,29-30,35H,9-19H2,(H-,31,33,34)/p+1. The smallest absolute Gasteiger partial charge is 0.248 e. The van der Waals surface area contributed by atoms with E-state index in [4.69, 9.17) is 0 Å². The van der Waals surface area contributed by atoms with Gasteiger partial charge < -0.3 is 30.3 Å². The number of phenols is 1. The molecule has 35 heavy (non-hydrogen) atoms. The van der Waals surface area contributed by atoms with E-state index in [0.29, 0.717) is 5.52 Å². The zero-order chi connectivity index (χ0) is 24.3. The molecule has 3 aliphatic heterocycles. The van der Waals surface area contributed by atoms with Gasteiger partial charge in [-0.05, 0) is 73.5 Å². The van der Waals surface area contributed by atoms with Crippen LogP contribution in [0.5, 0.6) is 5.75 Å². The molecule has 2 bridgehead atoms. The lowest BCUT2D eigenvalue weighted by Gasteiger charge is -2.49. The largest absolute Gasteiger partial charge is 0.506 e. The van der Waals surface area contributed by atoms with Gasteiger partial charge in [0.05, 0.1) is 31.7 Å².